The Hall–Kier alpha value is -2.05. The lowest BCUT2D eigenvalue weighted by molar-refractivity contribution is -0.121. The van der Waals surface area contributed by atoms with Gasteiger partial charge in [-0.2, -0.15) is 0 Å². The number of rotatable bonds is 3. The Morgan fingerprint density at radius 2 is 1.85 bits per heavy atom. The molecule has 26 heavy (non-hydrogen) atoms. The first-order valence-corrected chi connectivity index (χ1v) is 8.89. The van der Waals surface area contributed by atoms with Gasteiger partial charge in [0.1, 0.15) is 5.69 Å². The highest BCUT2D eigenvalue weighted by atomic mass is 35.5. The summed E-state index contributed by atoms with van der Waals surface area (Å²) < 4.78 is 3.35. The van der Waals surface area contributed by atoms with E-state index in [9.17, 15) is 9.59 Å². The van der Waals surface area contributed by atoms with E-state index < -0.39 is 0 Å². The van der Waals surface area contributed by atoms with Crippen LogP contribution in [0.4, 0.5) is 5.69 Å². The van der Waals surface area contributed by atoms with Gasteiger partial charge in [0.15, 0.2) is 0 Å². The molecule has 6 nitrogen and oxygen atoms in total. The summed E-state index contributed by atoms with van der Waals surface area (Å²) >= 11 is 0. The number of nitrogens with one attached hydrogen (secondary N) is 1. The fourth-order valence-electron chi connectivity index (χ4n) is 4.64. The molecule has 0 spiro atoms. The third kappa shape index (κ3) is 2.77. The molecule has 2 aliphatic rings. The van der Waals surface area contributed by atoms with Crippen molar-refractivity contribution in [2.45, 2.75) is 32.2 Å². The van der Waals surface area contributed by atoms with Crippen molar-refractivity contribution in [2.75, 3.05) is 5.32 Å². The molecule has 4 unspecified atom stereocenters. The molecule has 2 aromatic rings. The molecule has 7 heteroatoms. The quantitative estimate of drug-likeness (QED) is 0.861. The largest absolute Gasteiger partial charge is 0.327 e. The lowest BCUT2D eigenvalue weighted by Crippen LogP contribution is -2.43. The molecule has 1 heterocycles. The number of halogens is 1. The number of anilines is 1. The van der Waals surface area contributed by atoms with Crippen molar-refractivity contribution in [3.63, 3.8) is 0 Å². The monoisotopic (exact) mass is 376 g/mol. The van der Waals surface area contributed by atoms with Crippen LogP contribution in [0.15, 0.2) is 35.1 Å². The van der Waals surface area contributed by atoms with Crippen molar-refractivity contribution >= 4 is 24.0 Å². The molecule has 140 valence electrons. The van der Waals surface area contributed by atoms with E-state index in [4.69, 9.17) is 5.73 Å². The maximum absolute atomic E-state index is 12.9. The minimum atomic E-state index is -0.212. The van der Waals surface area contributed by atoms with E-state index in [1.54, 1.807) is 9.36 Å². The summed E-state index contributed by atoms with van der Waals surface area (Å²) in [6.45, 7) is 1.84. The smallest absolute Gasteiger partial charge is 0.295 e. The molecule has 1 amide bonds. The summed E-state index contributed by atoms with van der Waals surface area (Å²) in [6.07, 6.45) is 3.24. The van der Waals surface area contributed by atoms with Crippen LogP contribution in [0.2, 0.25) is 0 Å². The Kier molecular flexibility index (Phi) is 4.99. The Labute approximate surface area is 158 Å². The van der Waals surface area contributed by atoms with Gasteiger partial charge in [-0.3, -0.25) is 14.3 Å². The minimum absolute atomic E-state index is 0. The molecule has 0 radical (unpaired) electrons. The van der Waals surface area contributed by atoms with Gasteiger partial charge in [-0.05, 0) is 50.2 Å². The van der Waals surface area contributed by atoms with Gasteiger partial charge in [0.05, 0.1) is 17.3 Å². The van der Waals surface area contributed by atoms with Gasteiger partial charge in [-0.15, -0.1) is 12.4 Å². The molecule has 3 N–H and O–H groups in total. The third-order valence-corrected chi connectivity index (χ3v) is 6.09. The highest BCUT2D eigenvalue weighted by molar-refractivity contribution is 5.94. The van der Waals surface area contributed by atoms with Crippen molar-refractivity contribution in [1.82, 2.24) is 9.36 Å². The number of aromatic nitrogens is 2. The molecule has 1 aromatic heterocycles. The summed E-state index contributed by atoms with van der Waals surface area (Å²) in [5, 5.41) is 2.89. The second kappa shape index (κ2) is 6.93. The van der Waals surface area contributed by atoms with E-state index in [0.29, 0.717) is 17.5 Å². The van der Waals surface area contributed by atoms with Gasteiger partial charge in [0.2, 0.25) is 5.91 Å². The molecule has 2 aliphatic carbocycles. The average Bonchev–Trinajstić information content (AvgIpc) is 3.25. The Bertz CT molecular complexity index is 872. The summed E-state index contributed by atoms with van der Waals surface area (Å²) in [5.74, 6) is 0.535. The van der Waals surface area contributed by atoms with Crippen LogP contribution in [0, 0.1) is 24.7 Å². The first-order valence-electron chi connectivity index (χ1n) is 8.89. The summed E-state index contributed by atoms with van der Waals surface area (Å²) in [6, 6.07) is 9.34. The zero-order chi connectivity index (χ0) is 17.7. The molecule has 2 saturated carbocycles. The van der Waals surface area contributed by atoms with Crippen molar-refractivity contribution in [2.24, 2.45) is 30.5 Å². The van der Waals surface area contributed by atoms with Crippen LogP contribution in [0.25, 0.3) is 5.69 Å². The number of amides is 1. The number of carbonyl (C=O) groups is 1. The summed E-state index contributed by atoms with van der Waals surface area (Å²) in [7, 11) is 1.82. The van der Waals surface area contributed by atoms with E-state index in [2.05, 4.69) is 5.32 Å². The molecule has 2 bridgehead atoms. The second-order valence-corrected chi connectivity index (χ2v) is 7.36. The number of hydrogen-bond acceptors (Lipinski definition) is 3. The number of nitrogens with zero attached hydrogens (tertiary/aromatic N) is 2. The average molecular weight is 377 g/mol. The number of nitrogens with two attached hydrogens (primary N) is 1. The van der Waals surface area contributed by atoms with Crippen molar-refractivity contribution in [3.05, 3.63) is 46.4 Å². The maximum atomic E-state index is 12.9. The van der Waals surface area contributed by atoms with Gasteiger partial charge < -0.3 is 11.1 Å². The second-order valence-electron chi connectivity index (χ2n) is 7.36. The van der Waals surface area contributed by atoms with Crippen LogP contribution < -0.4 is 16.6 Å². The van der Waals surface area contributed by atoms with Gasteiger partial charge in [-0.1, -0.05) is 18.2 Å². The molecular formula is C19H25ClN4O2. The van der Waals surface area contributed by atoms with E-state index >= 15 is 0 Å². The van der Waals surface area contributed by atoms with Crippen molar-refractivity contribution in [1.29, 1.82) is 0 Å². The third-order valence-electron chi connectivity index (χ3n) is 6.09. The SMILES string of the molecule is Cc1c(NC(=O)C2C3CCC(C3)C2N)c(=O)n(-c2ccccc2)n1C.Cl. The molecule has 4 rings (SSSR count). The molecule has 0 aliphatic heterocycles. The number of para-hydroxylation sites is 1. The number of fused-ring (bicyclic) bond motifs is 2. The predicted octanol–water partition coefficient (Wildman–Crippen LogP) is 2.22. The maximum Gasteiger partial charge on any atom is 0.295 e. The van der Waals surface area contributed by atoms with E-state index in [0.717, 1.165) is 30.6 Å². The van der Waals surface area contributed by atoms with Crippen LogP contribution in [-0.2, 0) is 11.8 Å². The summed E-state index contributed by atoms with van der Waals surface area (Å²) in [5.41, 5.74) is 7.92. The van der Waals surface area contributed by atoms with Gasteiger partial charge >= 0.3 is 0 Å². The van der Waals surface area contributed by atoms with E-state index in [1.165, 1.54) is 0 Å². The van der Waals surface area contributed by atoms with E-state index in [1.807, 2.05) is 44.3 Å². The fraction of sp³-hybridized carbons (Fsp3) is 0.474. The molecule has 0 saturated heterocycles. The number of hydrogen-bond donors (Lipinski definition) is 2. The molecule has 2 fully saturated rings. The fourth-order valence-corrected chi connectivity index (χ4v) is 4.64. The van der Waals surface area contributed by atoms with Crippen molar-refractivity contribution in [3.8, 4) is 5.69 Å². The van der Waals surface area contributed by atoms with Gasteiger partial charge in [-0.25, -0.2) is 4.68 Å². The van der Waals surface area contributed by atoms with Crippen LogP contribution in [0.3, 0.4) is 0 Å². The van der Waals surface area contributed by atoms with Gasteiger partial charge in [0, 0.05) is 13.1 Å². The minimum Gasteiger partial charge on any atom is -0.327 e. The van der Waals surface area contributed by atoms with Crippen LogP contribution >= 0.6 is 12.4 Å². The normalized spacial score (nSPS) is 26.6. The van der Waals surface area contributed by atoms with Crippen molar-refractivity contribution < 1.29 is 4.79 Å². The molecular weight excluding hydrogens is 352 g/mol. The topological polar surface area (TPSA) is 82.1 Å². The van der Waals surface area contributed by atoms with Gasteiger partial charge in [0.25, 0.3) is 5.56 Å². The zero-order valence-corrected chi connectivity index (χ0v) is 15.8. The summed E-state index contributed by atoms with van der Waals surface area (Å²) in [4.78, 5) is 25.7. The standard InChI is InChI=1S/C19H24N4O2.ClH/c1-11-17(19(25)23(22(11)2)14-6-4-3-5-7-14)21-18(24)15-12-8-9-13(10-12)16(15)20;/h3-7,12-13,15-16H,8-10,20H2,1-2H3,(H,21,24);1H. The molecule has 4 atom stereocenters. The van der Waals surface area contributed by atoms with Crippen LogP contribution in [0.5, 0.6) is 0 Å². The first kappa shape index (κ1) is 18.7. The number of carbonyl (C=O) groups excluding carboxylic acids is 1. The lowest BCUT2D eigenvalue weighted by atomic mass is 9.84. The Morgan fingerprint density at radius 3 is 2.46 bits per heavy atom. The molecule has 1 aromatic carbocycles. The Morgan fingerprint density at radius 1 is 1.19 bits per heavy atom. The zero-order valence-electron chi connectivity index (χ0n) is 15.0. The van der Waals surface area contributed by atoms with Crippen LogP contribution in [0.1, 0.15) is 25.0 Å². The highest BCUT2D eigenvalue weighted by Gasteiger charge is 2.49. The first-order chi connectivity index (χ1) is 12.0. The van der Waals surface area contributed by atoms with E-state index in [-0.39, 0.29) is 35.8 Å². The van der Waals surface area contributed by atoms with Crippen LogP contribution in [-0.4, -0.2) is 21.3 Å². The highest BCUT2D eigenvalue weighted by Crippen LogP contribution is 2.47. The Balaban J connectivity index is 0.00000196. The predicted molar refractivity (Wildman–Crippen MR) is 104 cm³/mol. The number of benzene rings is 1. The lowest BCUT2D eigenvalue weighted by Gasteiger charge is -2.26.